The molecule has 0 unspecified atom stereocenters. The second-order valence-corrected chi connectivity index (χ2v) is 3.45. The third-order valence-corrected chi connectivity index (χ3v) is 1.91. The van der Waals surface area contributed by atoms with Crippen LogP contribution in [0.2, 0.25) is 0 Å². The van der Waals surface area contributed by atoms with Crippen molar-refractivity contribution < 1.29 is 19.4 Å². The van der Waals surface area contributed by atoms with Gasteiger partial charge in [-0.15, -0.1) is 0 Å². The standard InChI is InChI=1S/C11H14N2O4/c1-7(12)9(14)13-10(11(15)16)17-8-5-3-2-4-6-8/h2-7,10H,12H2,1H3,(H,13,14)(H,15,16)/t7-,10-/m0/s1. The maximum Gasteiger partial charge on any atom is 0.366 e. The molecule has 6 heteroatoms. The number of ether oxygens (including phenoxy) is 1. The Morgan fingerprint density at radius 1 is 1.35 bits per heavy atom. The van der Waals surface area contributed by atoms with E-state index in [0.29, 0.717) is 5.75 Å². The monoisotopic (exact) mass is 238 g/mol. The molecule has 0 radical (unpaired) electrons. The minimum absolute atomic E-state index is 0.352. The number of nitrogens with one attached hydrogen (secondary N) is 1. The Morgan fingerprint density at radius 3 is 2.41 bits per heavy atom. The first-order valence-electron chi connectivity index (χ1n) is 5.01. The fourth-order valence-corrected chi connectivity index (χ4v) is 1.04. The van der Waals surface area contributed by atoms with Crippen LogP contribution < -0.4 is 15.8 Å². The number of hydrogen-bond acceptors (Lipinski definition) is 4. The van der Waals surface area contributed by atoms with Crippen molar-refractivity contribution in [1.82, 2.24) is 5.32 Å². The molecule has 1 rings (SSSR count). The lowest BCUT2D eigenvalue weighted by atomic mass is 10.3. The summed E-state index contributed by atoms with van der Waals surface area (Å²) < 4.78 is 5.11. The highest BCUT2D eigenvalue weighted by atomic mass is 16.5. The molecule has 4 N–H and O–H groups in total. The van der Waals surface area contributed by atoms with Crippen molar-refractivity contribution in [3.63, 3.8) is 0 Å². The SMILES string of the molecule is C[C@H](N)C(=O)N[C@@H](Oc1ccccc1)C(=O)O. The van der Waals surface area contributed by atoms with Crippen LogP contribution in [-0.4, -0.2) is 29.3 Å². The number of nitrogens with two attached hydrogens (primary N) is 1. The van der Waals surface area contributed by atoms with Crippen LogP contribution in [0.1, 0.15) is 6.92 Å². The zero-order chi connectivity index (χ0) is 12.8. The summed E-state index contributed by atoms with van der Waals surface area (Å²) in [5.74, 6) is -1.53. The molecule has 0 aliphatic rings. The van der Waals surface area contributed by atoms with Crippen LogP contribution in [0.15, 0.2) is 30.3 Å². The molecule has 0 saturated heterocycles. The first-order valence-corrected chi connectivity index (χ1v) is 5.01. The van der Waals surface area contributed by atoms with Crippen LogP contribution in [0.4, 0.5) is 0 Å². The van der Waals surface area contributed by atoms with Crippen LogP contribution in [0, 0.1) is 0 Å². The summed E-state index contributed by atoms with van der Waals surface area (Å²) in [6, 6.07) is 7.55. The number of carbonyl (C=O) groups excluding carboxylic acids is 1. The highest BCUT2D eigenvalue weighted by Gasteiger charge is 2.23. The minimum Gasteiger partial charge on any atom is -0.477 e. The van der Waals surface area contributed by atoms with Crippen molar-refractivity contribution in [2.45, 2.75) is 19.2 Å². The van der Waals surface area contributed by atoms with Gasteiger partial charge >= 0.3 is 5.97 Å². The van der Waals surface area contributed by atoms with Crippen molar-refractivity contribution in [2.24, 2.45) is 5.73 Å². The lowest BCUT2D eigenvalue weighted by Crippen LogP contribution is -2.50. The molecular formula is C11H14N2O4. The Bertz CT molecular complexity index is 392. The Morgan fingerprint density at radius 2 is 1.94 bits per heavy atom. The van der Waals surface area contributed by atoms with Gasteiger partial charge in [-0.1, -0.05) is 18.2 Å². The summed E-state index contributed by atoms with van der Waals surface area (Å²) in [5, 5.41) is 11.1. The van der Waals surface area contributed by atoms with Crippen molar-refractivity contribution in [3.8, 4) is 5.75 Å². The van der Waals surface area contributed by atoms with Gasteiger partial charge in [0.15, 0.2) is 0 Å². The van der Waals surface area contributed by atoms with Crippen LogP contribution in [0.3, 0.4) is 0 Å². The Balaban J connectivity index is 2.68. The first kappa shape index (κ1) is 13.0. The molecule has 17 heavy (non-hydrogen) atoms. The van der Waals surface area contributed by atoms with E-state index in [-0.39, 0.29) is 0 Å². The van der Waals surface area contributed by atoms with Crippen molar-refractivity contribution in [2.75, 3.05) is 0 Å². The lowest BCUT2D eigenvalue weighted by Gasteiger charge is -2.17. The zero-order valence-electron chi connectivity index (χ0n) is 9.29. The second-order valence-electron chi connectivity index (χ2n) is 3.45. The van der Waals surface area contributed by atoms with Gasteiger partial charge < -0.3 is 20.9 Å². The van der Waals surface area contributed by atoms with Crippen LogP contribution in [-0.2, 0) is 9.59 Å². The van der Waals surface area contributed by atoms with E-state index in [2.05, 4.69) is 5.32 Å². The number of carbonyl (C=O) groups is 2. The molecule has 1 aromatic rings. The lowest BCUT2D eigenvalue weighted by molar-refractivity contribution is -0.149. The van der Waals surface area contributed by atoms with E-state index in [4.69, 9.17) is 15.6 Å². The largest absolute Gasteiger partial charge is 0.477 e. The molecule has 0 heterocycles. The number of amides is 1. The van der Waals surface area contributed by atoms with E-state index < -0.39 is 24.1 Å². The van der Waals surface area contributed by atoms with E-state index in [1.807, 2.05) is 0 Å². The van der Waals surface area contributed by atoms with E-state index >= 15 is 0 Å². The van der Waals surface area contributed by atoms with E-state index in [1.54, 1.807) is 30.3 Å². The summed E-state index contributed by atoms with van der Waals surface area (Å²) >= 11 is 0. The Labute approximate surface area is 98.4 Å². The second kappa shape index (κ2) is 5.86. The molecule has 0 spiro atoms. The number of rotatable bonds is 5. The minimum atomic E-state index is -1.45. The molecule has 92 valence electrons. The van der Waals surface area contributed by atoms with Crippen LogP contribution >= 0.6 is 0 Å². The van der Waals surface area contributed by atoms with Crippen molar-refractivity contribution in [3.05, 3.63) is 30.3 Å². The van der Waals surface area contributed by atoms with Gasteiger partial charge in [-0.2, -0.15) is 0 Å². The molecular weight excluding hydrogens is 224 g/mol. The topological polar surface area (TPSA) is 102 Å². The fourth-order valence-electron chi connectivity index (χ4n) is 1.04. The van der Waals surface area contributed by atoms with Gasteiger partial charge in [0.05, 0.1) is 6.04 Å². The predicted molar refractivity (Wildman–Crippen MR) is 60.3 cm³/mol. The van der Waals surface area contributed by atoms with Gasteiger partial charge in [0, 0.05) is 0 Å². The Kier molecular flexibility index (Phi) is 4.47. The third-order valence-electron chi connectivity index (χ3n) is 1.91. The van der Waals surface area contributed by atoms with E-state index in [9.17, 15) is 9.59 Å². The number of benzene rings is 1. The molecule has 0 fully saturated rings. The molecule has 0 saturated carbocycles. The Hall–Kier alpha value is -2.08. The number of hydrogen-bond donors (Lipinski definition) is 3. The zero-order valence-corrected chi connectivity index (χ0v) is 9.29. The van der Waals surface area contributed by atoms with Gasteiger partial charge in [0.2, 0.25) is 5.91 Å². The van der Waals surface area contributed by atoms with Gasteiger partial charge in [-0.05, 0) is 19.1 Å². The molecule has 1 aromatic carbocycles. The quantitative estimate of drug-likeness (QED) is 0.624. The average molecular weight is 238 g/mol. The van der Waals surface area contributed by atoms with Crippen LogP contribution in [0.5, 0.6) is 5.75 Å². The van der Waals surface area contributed by atoms with Gasteiger partial charge in [-0.3, -0.25) is 4.79 Å². The third kappa shape index (κ3) is 4.12. The summed E-state index contributed by atoms with van der Waals surface area (Å²) in [6.07, 6.45) is -1.45. The molecule has 0 aliphatic carbocycles. The van der Waals surface area contributed by atoms with Gasteiger partial charge in [-0.25, -0.2) is 4.79 Å². The molecule has 1 amide bonds. The van der Waals surface area contributed by atoms with Crippen molar-refractivity contribution >= 4 is 11.9 Å². The highest BCUT2D eigenvalue weighted by Crippen LogP contribution is 2.10. The summed E-state index contributed by atoms with van der Waals surface area (Å²) in [6.45, 7) is 1.46. The molecule has 0 aliphatic heterocycles. The van der Waals surface area contributed by atoms with E-state index in [1.165, 1.54) is 6.92 Å². The molecule has 0 aromatic heterocycles. The van der Waals surface area contributed by atoms with Crippen LogP contribution in [0.25, 0.3) is 0 Å². The number of para-hydroxylation sites is 1. The number of carboxylic acids is 1. The smallest absolute Gasteiger partial charge is 0.366 e. The molecule has 2 atom stereocenters. The van der Waals surface area contributed by atoms with E-state index in [0.717, 1.165) is 0 Å². The predicted octanol–water partition coefficient (Wildman–Crippen LogP) is -0.0605. The number of carboxylic acid groups (broad SMARTS) is 1. The first-order chi connectivity index (χ1) is 8.00. The summed E-state index contributed by atoms with van der Waals surface area (Å²) in [5.41, 5.74) is 5.32. The summed E-state index contributed by atoms with van der Waals surface area (Å²) in [4.78, 5) is 22.1. The maximum absolute atomic E-state index is 11.3. The van der Waals surface area contributed by atoms with Gasteiger partial charge in [0.25, 0.3) is 6.23 Å². The molecule has 0 bridgehead atoms. The normalized spacial score (nSPS) is 13.5. The maximum atomic E-state index is 11.3. The van der Waals surface area contributed by atoms with Crippen molar-refractivity contribution in [1.29, 1.82) is 0 Å². The highest BCUT2D eigenvalue weighted by molar-refractivity contribution is 5.85. The fraction of sp³-hybridized carbons (Fsp3) is 0.273. The van der Waals surface area contributed by atoms with Gasteiger partial charge in [0.1, 0.15) is 5.75 Å². The average Bonchev–Trinajstić information content (AvgIpc) is 2.29. The summed E-state index contributed by atoms with van der Waals surface area (Å²) in [7, 11) is 0. The molecule has 6 nitrogen and oxygen atoms in total. The number of aliphatic carboxylic acids is 1.